The van der Waals surface area contributed by atoms with Crippen molar-refractivity contribution in [2.75, 3.05) is 11.5 Å². The fourth-order valence-corrected chi connectivity index (χ4v) is 2.88. The van der Waals surface area contributed by atoms with Crippen LogP contribution in [0.25, 0.3) is 0 Å². The van der Waals surface area contributed by atoms with Gasteiger partial charge >= 0.3 is 11.9 Å². The first-order valence-electron chi connectivity index (χ1n) is 5.28. The highest BCUT2D eigenvalue weighted by atomic mass is 33.1. The van der Waals surface area contributed by atoms with E-state index in [9.17, 15) is 9.59 Å². The van der Waals surface area contributed by atoms with Gasteiger partial charge in [-0.2, -0.15) is 0 Å². The van der Waals surface area contributed by atoms with E-state index in [-0.39, 0.29) is 17.5 Å². The van der Waals surface area contributed by atoms with Crippen LogP contribution in [0.3, 0.4) is 0 Å². The van der Waals surface area contributed by atoms with Gasteiger partial charge in [0.1, 0.15) is 12.1 Å². The molecule has 10 heteroatoms. The average Bonchev–Trinajstić information content (AvgIpc) is 2.85. The Labute approximate surface area is 122 Å². The van der Waals surface area contributed by atoms with Crippen molar-refractivity contribution in [3.05, 3.63) is 18.4 Å². The molecule has 0 aromatic carbocycles. The molecule has 0 spiro atoms. The monoisotopic (exact) mass is 324 g/mol. The van der Waals surface area contributed by atoms with Gasteiger partial charge in [0.2, 0.25) is 0 Å². The summed E-state index contributed by atoms with van der Waals surface area (Å²) in [4.78, 5) is 20.5. The van der Waals surface area contributed by atoms with E-state index in [4.69, 9.17) is 26.8 Å². The minimum absolute atomic E-state index is 0.0324. The standard InChI is InChI=1S/C6H12N2O4S2.C4H4O2/c7-3(5(9)10)1-13-14-2-4(8)6(11)12;5-4-2-1-3-6-4/h3-4H,1-2,7-8H2,(H,9,10)(H,11,12);1-3,5H/t3-,4-;/m0./s1. The van der Waals surface area contributed by atoms with Crippen molar-refractivity contribution in [2.45, 2.75) is 12.1 Å². The second-order valence-electron chi connectivity index (χ2n) is 3.41. The topological polar surface area (TPSA) is 160 Å². The molecule has 0 aliphatic rings. The molecule has 114 valence electrons. The van der Waals surface area contributed by atoms with E-state index in [0.717, 1.165) is 0 Å². The molecular formula is C10H16N2O6S2. The minimum Gasteiger partial charge on any atom is -0.481 e. The van der Waals surface area contributed by atoms with Crippen LogP contribution in [0.15, 0.2) is 22.8 Å². The van der Waals surface area contributed by atoms with E-state index >= 15 is 0 Å². The fourth-order valence-electron chi connectivity index (χ4n) is 0.655. The van der Waals surface area contributed by atoms with Crippen LogP contribution in [0.4, 0.5) is 0 Å². The zero-order chi connectivity index (χ0) is 15.5. The number of rotatable bonds is 7. The number of hydrogen-bond acceptors (Lipinski definition) is 8. The summed E-state index contributed by atoms with van der Waals surface area (Å²) in [7, 11) is 2.41. The van der Waals surface area contributed by atoms with Gasteiger partial charge in [0.05, 0.1) is 6.26 Å². The summed E-state index contributed by atoms with van der Waals surface area (Å²) in [5.41, 5.74) is 10.4. The SMILES string of the molecule is N[C@@H](CSSC[C@H](N)C(=O)O)C(=O)O.Oc1ccco1. The van der Waals surface area contributed by atoms with Gasteiger partial charge in [0.15, 0.2) is 0 Å². The van der Waals surface area contributed by atoms with Crippen LogP contribution in [0, 0.1) is 0 Å². The van der Waals surface area contributed by atoms with Gasteiger partial charge in [0.25, 0.3) is 5.95 Å². The quantitative estimate of drug-likeness (QED) is 0.345. The lowest BCUT2D eigenvalue weighted by atomic mass is 10.4. The molecule has 8 nitrogen and oxygen atoms in total. The summed E-state index contributed by atoms with van der Waals surface area (Å²) in [5, 5.41) is 25.1. The lowest BCUT2D eigenvalue weighted by molar-refractivity contribution is -0.138. The van der Waals surface area contributed by atoms with Crippen molar-refractivity contribution in [1.82, 2.24) is 0 Å². The molecule has 0 saturated carbocycles. The number of carboxylic acid groups (broad SMARTS) is 2. The van der Waals surface area contributed by atoms with E-state index in [0.29, 0.717) is 0 Å². The molecule has 1 aromatic rings. The maximum Gasteiger partial charge on any atom is 0.321 e. The van der Waals surface area contributed by atoms with Gasteiger partial charge in [-0.15, -0.1) is 0 Å². The molecule has 0 aliphatic carbocycles. The first kappa shape index (κ1) is 18.6. The fraction of sp³-hybridized carbons (Fsp3) is 0.400. The summed E-state index contributed by atoms with van der Waals surface area (Å²) >= 11 is 0. The third-order valence-electron chi connectivity index (χ3n) is 1.72. The summed E-state index contributed by atoms with van der Waals surface area (Å²) < 4.78 is 4.39. The number of carboxylic acids is 2. The molecule has 0 unspecified atom stereocenters. The Kier molecular flexibility index (Phi) is 9.72. The number of aliphatic carboxylic acids is 2. The van der Waals surface area contributed by atoms with Crippen molar-refractivity contribution >= 4 is 33.5 Å². The summed E-state index contributed by atoms with van der Waals surface area (Å²) in [5.74, 6) is -1.71. The van der Waals surface area contributed by atoms with E-state index in [1.54, 1.807) is 6.07 Å². The Morgan fingerprint density at radius 3 is 1.80 bits per heavy atom. The number of carbonyl (C=O) groups is 2. The van der Waals surface area contributed by atoms with Crippen LogP contribution in [0.1, 0.15) is 0 Å². The van der Waals surface area contributed by atoms with Gasteiger partial charge in [-0.25, -0.2) is 0 Å². The molecule has 0 fully saturated rings. The van der Waals surface area contributed by atoms with Crippen molar-refractivity contribution < 1.29 is 29.3 Å². The Morgan fingerprint density at radius 2 is 1.60 bits per heavy atom. The molecule has 20 heavy (non-hydrogen) atoms. The Hall–Kier alpha value is -1.36. The van der Waals surface area contributed by atoms with Crippen molar-refractivity contribution in [2.24, 2.45) is 11.5 Å². The molecule has 2 atom stereocenters. The lowest BCUT2D eigenvalue weighted by Gasteiger charge is -2.07. The predicted octanol–water partition coefficient (Wildman–Crippen LogP) is 0.177. The Balaban J connectivity index is 0.000000493. The van der Waals surface area contributed by atoms with Crippen LogP contribution >= 0.6 is 21.6 Å². The van der Waals surface area contributed by atoms with Gasteiger partial charge in [0, 0.05) is 17.6 Å². The summed E-state index contributed by atoms with van der Waals surface area (Å²) in [6, 6.07) is 1.25. The highest BCUT2D eigenvalue weighted by Gasteiger charge is 2.14. The average molecular weight is 324 g/mol. The molecular weight excluding hydrogens is 308 g/mol. The van der Waals surface area contributed by atoms with Crippen LogP contribution in [-0.2, 0) is 9.59 Å². The van der Waals surface area contributed by atoms with Crippen LogP contribution in [0.5, 0.6) is 5.95 Å². The predicted molar refractivity (Wildman–Crippen MR) is 76.5 cm³/mol. The highest BCUT2D eigenvalue weighted by molar-refractivity contribution is 8.76. The van der Waals surface area contributed by atoms with Crippen molar-refractivity contribution in [3.63, 3.8) is 0 Å². The zero-order valence-corrected chi connectivity index (χ0v) is 12.0. The second-order valence-corrected chi connectivity index (χ2v) is 5.96. The van der Waals surface area contributed by atoms with E-state index in [1.165, 1.54) is 33.9 Å². The number of nitrogens with two attached hydrogens (primary N) is 2. The van der Waals surface area contributed by atoms with Crippen molar-refractivity contribution in [3.8, 4) is 5.95 Å². The molecule has 0 amide bonds. The first-order valence-corrected chi connectivity index (χ1v) is 7.77. The van der Waals surface area contributed by atoms with E-state index in [1.807, 2.05) is 0 Å². The Bertz CT molecular complexity index is 378. The highest BCUT2D eigenvalue weighted by Crippen LogP contribution is 2.22. The van der Waals surface area contributed by atoms with Gasteiger partial charge in [-0.3, -0.25) is 9.59 Å². The second kappa shape index (κ2) is 10.4. The van der Waals surface area contributed by atoms with Crippen LogP contribution in [0.2, 0.25) is 0 Å². The molecule has 0 aliphatic heterocycles. The molecule has 0 saturated heterocycles. The maximum absolute atomic E-state index is 10.3. The smallest absolute Gasteiger partial charge is 0.321 e. The maximum atomic E-state index is 10.3. The van der Waals surface area contributed by atoms with E-state index in [2.05, 4.69) is 4.42 Å². The van der Waals surface area contributed by atoms with Crippen LogP contribution < -0.4 is 11.5 Å². The molecule has 0 radical (unpaired) electrons. The molecule has 0 bridgehead atoms. The number of aromatic hydroxyl groups is 1. The van der Waals surface area contributed by atoms with Crippen LogP contribution in [-0.4, -0.2) is 50.8 Å². The number of furan rings is 1. The largest absolute Gasteiger partial charge is 0.481 e. The molecule has 1 heterocycles. The lowest BCUT2D eigenvalue weighted by Crippen LogP contribution is -2.33. The molecule has 1 aromatic heterocycles. The normalized spacial score (nSPS) is 12.9. The van der Waals surface area contributed by atoms with Gasteiger partial charge in [-0.1, -0.05) is 21.6 Å². The Morgan fingerprint density at radius 1 is 1.15 bits per heavy atom. The molecule has 1 rings (SSSR count). The summed E-state index contributed by atoms with van der Waals surface area (Å²) in [6.07, 6.45) is 1.41. The number of hydrogen-bond donors (Lipinski definition) is 5. The van der Waals surface area contributed by atoms with Gasteiger partial charge in [-0.05, 0) is 6.07 Å². The van der Waals surface area contributed by atoms with E-state index < -0.39 is 24.0 Å². The third-order valence-corrected chi connectivity index (χ3v) is 4.19. The first-order chi connectivity index (χ1) is 9.34. The van der Waals surface area contributed by atoms with Gasteiger partial charge < -0.3 is 31.2 Å². The zero-order valence-electron chi connectivity index (χ0n) is 10.3. The minimum atomic E-state index is -1.07. The third kappa shape index (κ3) is 9.55. The molecule has 7 N–H and O–H groups in total. The summed E-state index contributed by atoms with van der Waals surface area (Å²) in [6.45, 7) is 0. The van der Waals surface area contributed by atoms with Crippen molar-refractivity contribution in [1.29, 1.82) is 0 Å².